The molecule has 0 amide bonds. The first-order valence-corrected chi connectivity index (χ1v) is 11.4. The summed E-state index contributed by atoms with van der Waals surface area (Å²) in [6, 6.07) is 16.9. The van der Waals surface area contributed by atoms with E-state index in [0.717, 1.165) is 13.1 Å². The highest BCUT2D eigenvalue weighted by Gasteiger charge is 2.38. The van der Waals surface area contributed by atoms with Crippen LogP contribution in [0.5, 0.6) is 0 Å². The van der Waals surface area contributed by atoms with Gasteiger partial charge in [0.1, 0.15) is 7.85 Å². The van der Waals surface area contributed by atoms with Crippen molar-refractivity contribution < 1.29 is 13.5 Å². The molecule has 8 heteroatoms. The molecule has 6 nitrogen and oxygen atoms in total. The zero-order chi connectivity index (χ0) is 20.4. The number of aliphatic hydroxyl groups is 1. The highest BCUT2D eigenvalue weighted by atomic mass is 32.2. The first kappa shape index (κ1) is 20.6. The molecule has 4 rings (SSSR count). The minimum Gasteiger partial charge on any atom is -0.390 e. The molecule has 2 radical (unpaired) electrons. The van der Waals surface area contributed by atoms with Crippen LogP contribution in [0.2, 0.25) is 0 Å². The molecular weight excluding hydrogens is 385 g/mol. The van der Waals surface area contributed by atoms with E-state index in [4.69, 9.17) is 7.85 Å². The molecule has 2 heterocycles. The van der Waals surface area contributed by atoms with Crippen LogP contribution in [0, 0.1) is 0 Å². The maximum atomic E-state index is 12.9. The Morgan fingerprint density at radius 2 is 1.59 bits per heavy atom. The molecule has 2 saturated heterocycles. The standard InChI is InChI=1S/C21H26BN3O3S/c22-18-8-4-5-9-21(18)29(27,28)25-12-10-24(11-13-25)19-15-23(16-20(19)26)14-17-6-2-1-3-7-17/h1-9,19-20,26H,10-16H2/t19-,20-/m0/s1. The molecule has 2 aromatic rings. The van der Waals surface area contributed by atoms with Gasteiger partial charge < -0.3 is 5.11 Å². The van der Waals surface area contributed by atoms with Crippen LogP contribution in [0.25, 0.3) is 0 Å². The Labute approximate surface area is 174 Å². The van der Waals surface area contributed by atoms with Crippen LogP contribution in [0.4, 0.5) is 0 Å². The molecule has 0 bridgehead atoms. The van der Waals surface area contributed by atoms with Crippen molar-refractivity contribution in [3.05, 3.63) is 60.2 Å². The monoisotopic (exact) mass is 411 g/mol. The highest BCUT2D eigenvalue weighted by Crippen LogP contribution is 2.22. The Balaban J connectivity index is 1.36. The van der Waals surface area contributed by atoms with Crippen molar-refractivity contribution >= 4 is 23.3 Å². The molecule has 152 valence electrons. The summed E-state index contributed by atoms with van der Waals surface area (Å²) in [5, 5.41) is 10.6. The highest BCUT2D eigenvalue weighted by molar-refractivity contribution is 7.89. The Morgan fingerprint density at radius 1 is 0.931 bits per heavy atom. The molecule has 2 aliphatic rings. The third kappa shape index (κ3) is 4.41. The van der Waals surface area contributed by atoms with Crippen molar-refractivity contribution in [2.45, 2.75) is 23.6 Å². The molecule has 2 aliphatic heterocycles. The van der Waals surface area contributed by atoms with Gasteiger partial charge in [0.15, 0.2) is 0 Å². The van der Waals surface area contributed by atoms with Crippen molar-refractivity contribution in [3.63, 3.8) is 0 Å². The normalized spacial score (nSPS) is 24.7. The number of sulfonamides is 1. The van der Waals surface area contributed by atoms with Gasteiger partial charge in [-0.2, -0.15) is 4.31 Å². The molecule has 29 heavy (non-hydrogen) atoms. The van der Waals surface area contributed by atoms with Gasteiger partial charge in [-0.15, -0.1) is 0 Å². The molecule has 0 saturated carbocycles. The van der Waals surface area contributed by atoms with E-state index in [1.165, 1.54) is 9.87 Å². The molecule has 0 unspecified atom stereocenters. The Bertz CT molecular complexity index is 933. The van der Waals surface area contributed by atoms with Crippen molar-refractivity contribution in [1.29, 1.82) is 0 Å². The van der Waals surface area contributed by atoms with Crippen molar-refractivity contribution in [2.75, 3.05) is 39.3 Å². The van der Waals surface area contributed by atoms with Gasteiger partial charge in [0.25, 0.3) is 0 Å². The van der Waals surface area contributed by atoms with Gasteiger partial charge >= 0.3 is 0 Å². The fourth-order valence-electron chi connectivity index (χ4n) is 4.31. The smallest absolute Gasteiger partial charge is 0.242 e. The summed E-state index contributed by atoms with van der Waals surface area (Å²) in [5.74, 6) is 0. The number of piperazine rings is 1. The van der Waals surface area contributed by atoms with E-state index < -0.39 is 16.1 Å². The average molecular weight is 411 g/mol. The van der Waals surface area contributed by atoms with Crippen LogP contribution in [-0.2, 0) is 16.6 Å². The lowest BCUT2D eigenvalue weighted by Crippen LogP contribution is -2.55. The van der Waals surface area contributed by atoms with E-state index in [1.54, 1.807) is 24.3 Å². The van der Waals surface area contributed by atoms with Gasteiger partial charge in [-0.05, 0) is 11.6 Å². The van der Waals surface area contributed by atoms with Gasteiger partial charge in [-0.25, -0.2) is 8.42 Å². The molecule has 0 aromatic heterocycles. The number of aliphatic hydroxyl groups excluding tert-OH is 1. The Kier molecular flexibility index (Phi) is 6.08. The molecular formula is C21H26BN3O3S. The summed E-state index contributed by atoms with van der Waals surface area (Å²) < 4.78 is 27.3. The van der Waals surface area contributed by atoms with Gasteiger partial charge in [-0.3, -0.25) is 9.80 Å². The molecule has 0 aliphatic carbocycles. The topological polar surface area (TPSA) is 64.1 Å². The predicted octanol–water partition coefficient (Wildman–Crippen LogP) is 0.0320. The van der Waals surface area contributed by atoms with Crippen molar-refractivity contribution in [2.24, 2.45) is 0 Å². The number of benzene rings is 2. The van der Waals surface area contributed by atoms with E-state index in [9.17, 15) is 13.5 Å². The summed E-state index contributed by atoms with van der Waals surface area (Å²) in [6.07, 6.45) is -0.424. The third-order valence-electron chi connectivity index (χ3n) is 5.86. The van der Waals surface area contributed by atoms with Crippen LogP contribution in [-0.4, -0.2) is 86.9 Å². The zero-order valence-electron chi connectivity index (χ0n) is 16.4. The SMILES string of the molecule is [B]c1ccccc1S(=O)(=O)N1CCN([C@H]2CN(Cc3ccccc3)C[C@@H]2O)CC1. The maximum Gasteiger partial charge on any atom is 0.242 e. The summed E-state index contributed by atoms with van der Waals surface area (Å²) in [4.78, 5) is 4.65. The predicted molar refractivity (Wildman–Crippen MR) is 114 cm³/mol. The first-order chi connectivity index (χ1) is 13.9. The lowest BCUT2D eigenvalue weighted by Gasteiger charge is -2.38. The Hall–Kier alpha value is -1.71. The fraction of sp³-hybridized carbons (Fsp3) is 0.429. The Morgan fingerprint density at radius 3 is 2.28 bits per heavy atom. The summed E-state index contributed by atoms with van der Waals surface area (Å²) >= 11 is 0. The largest absolute Gasteiger partial charge is 0.390 e. The number of β-amino-alcohol motifs (C(OH)–C–C–N with tert-alkyl or cyclic N) is 1. The van der Waals surface area contributed by atoms with E-state index in [1.807, 2.05) is 18.2 Å². The summed E-state index contributed by atoms with van der Waals surface area (Å²) in [5.41, 5.74) is 1.51. The van der Waals surface area contributed by atoms with Crippen molar-refractivity contribution in [3.8, 4) is 0 Å². The van der Waals surface area contributed by atoms with Gasteiger partial charge in [-0.1, -0.05) is 54.0 Å². The average Bonchev–Trinajstić information content (AvgIpc) is 3.09. The summed E-state index contributed by atoms with van der Waals surface area (Å²) in [6.45, 7) is 4.25. The fourth-order valence-corrected chi connectivity index (χ4v) is 5.85. The molecule has 2 atom stereocenters. The quantitative estimate of drug-likeness (QED) is 0.704. The second kappa shape index (κ2) is 8.57. The lowest BCUT2D eigenvalue weighted by molar-refractivity contribution is 0.0618. The van der Waals surface area contributed by atoms with Crippen LogP contribution < -0.4 is 5.46 Å². The lowest BCUT2D eigenvalue weighted by atomic mass is 9.97. The second-order valence-corrected chi connectivity index (χ2v) is 9.70. The molecule has 2 aromatic carbocycles. The molecule has 0 spiro atoms. The van der Waals surface area contributed by atoms with Crippen LogP contribution >= 0.6 is 0 Å². The number of nitrogens with zero attached hydrogens (tertiary/aromatic N) is 3. The molecule has 1 N–H and O–H groups in total. The van der Waals surface area contributed by atoms with Gasteiger partial charge in [0, 0.05) is 51.9 Å². The first-order valence-electron chi connectivity index (χ1n) is 9.98. The number of rotatable bonds is 5. The van der Waals surface area contributed by atoms with Crippen LogP contribution in [0.15, 0.2) is 59.5 Å². The van der Waals surface area contributed by atoms with Crippen LogP contribution in [0.3, 0.4) is 0 Å². The maximum absolute atomic E-state index is 12.9. The summed E-state index contributed by atoms with van der Waals surface area (Å²) in [7, 11) is 2.29. The van der Waals surface area contributed by atoms with Crippen molar-refractivity contribution in [1.82, 2.24) is 14.1 Å². The number of likely N-dealkylation sites (tertiary alicyclic amines) is 1. The van der Waals surface area contributed by atoms with Gasteiger partial charge in [0.05, 0.1) is 11.0 Å². The minimum absolute atomic E-state index is 0.0327. The van der Waals surface area contributed by atoms with E-state index in [2.05, 4.69) is 21.9 Å². The van der Waals surface area contributed by atoms with E-state index in [-0.39, 0.29) is 16.4 Å². The minimum atomic E-state index is -3.60. The third-order valence-corrected chi connectivity index (χ3v) is 7.84. The van der Waals surface area contributed by atoms with Crippen LogP contribution in [0.1, 0.15) is 5.56 Å². The molecule has 2 fully saturated rings. The zero-order valence-corrected chi connectivity index (χ0v) is 17.2. The van der Waals surface area contributed by atoms with Gasteiger partial charge in [0.2, 0.25) is 10.0 Å². The van der Waals surface area contributed by atoms with E-state index in [0.29, 0.717) is 32.7 Å². The number of hydrogen-bond donors (Lipinski definition) is 1. The second-order valence-electron chi connectivity index (χ2n) is 7.79. The van der Waals surface area contributed by atoms with E-state index >= 15 is 0 Å². The number of hydrogen-bond acceptors (Lipinski definition) is 5.